The Morgan fingerprint density at radius 3 is 2.58 bits per heavy atom. The van der Waals surface area contributed by atoms with Crippen molar-refractivity contribution in [3.63, 3.8) is 0 Å². The molecule has 2 N–H and O–H groups in total. The lowest BCUT2D eigenvalue weighted by atomic mass is 9.94. The van der Waals surface area contributed by atoms with Gasteiger partial charge in [0.2, 0.25) is 5.91 Å². The number of likely N-dealkylation sites (tertiary alicyclic amines) is 1. The molecule has 224 valence electrons. The summed E-state index contributed by atoms with van der Waals surface area (Å²) in [4.78, 5) is 28.2. The number of amides is 2. The number of hydrogen-bond donors (Lipinski definition) is 2. The first kappa shape index (κ1) is 28.7. The lowest BCUT2D eigenvalue weighted by Gasteiger charge is -2.21. The van der Waals surface area contributed by atoms with Gasteiger partial charge in [0.15, 0.2) is 11.6 Å². The Morgan fingerprint density at radius 1 is 1.07 bits per heavy atom. The molecule has 1 aliphatic heterocycles. The van der Waals surface area contributed by atoms with Gasteiger partial charge in [-0.15, -0.1) is 0 Å². The Kier molecular flexibility index (Phi) is 8.04. The number of carbonyl (C=O) groups is 2. The Hall–Kier alpha value is -4.42. The van der Waals surface area contributed by atoms with Crippen LogP contribution in [0, 0.1) is 24.5 Å². The summed E-state index contributed by atoms with van der Waals surface area (Å²) >= 11 is 0. The second-order valence-electron chi connectivity index (χ2n) is 11.1. The zero-order chi connectivity index (χ0) is 30.1. The van der Waals surface area contributed by atoms with Crippen molar-refractivity contribution in [3.8, 4) is 16.9 Å². The first-order chi connectivity index (χ1) is 20.8. The maximum atomic E-state index is 14.1. The van der Waals surface area contributed by atoms with Crippen LogP contribution >= 0.6 is 0 Å². The van der Waals surface area contributed by atoms with E-state index < -0.39 is 17.7 Å². The summed E-state index contributed by atoms with van der Waals surface area (Å²) in [7, 11) is 1.62. The zero-order valence-corrected chi connectivity index (χ0v) is 24.0. The molecule has 2 amide bonds. The molecule has 43 heavy (non-hydrogen) atoms. The normalized spacial score (nSPS) is 18.6. The number of urea groups is 1. The van der Waals surface area contributed by atoms with Crippen molar-refractivity contribution in [1.29, 1.82) is 0 Å². The van der Waals surface area contributed by atoms with E-state index in [1.54, 1.807) is 30.3 Å². The van der Waals surface area contributed by atoms with E-state index in [1.807, 2.05) is 37.3 Å². The van der Waals surface area contributed by atoms with Gasteiger partial charge in [0.05, 0.1) is 24.5 Å². The van der Waals surface area contributed by atoms with Crippen molar-refractivity contribution >= 4 is 17.8 Å². The molecule has 2 unspecified atom stereocenters. The molecule has 2 aliphatic rings. The molecular formula is C31H33F2N7O3. The first-order valence-electron chi connectivity index (χ1n) is 14.3. The molecule has 6 rings (SSSR count). The summed E-state index contributed by atoms with van der Waals surface area (Å²) in [6.07, 6.45) is 5.03. The molecule has 0 bridgehead atoms. The second-order valence-corrected chi connectivity index (χ2v) is 11.1. The Morgan fingerprint density at radius 2 is 1.86 bits per heavy atom. The number of halogens is 2. The number of para-hydroxylation sites is 1. The number of anilines is 1. The SMILES string of the molecule is COCCN1CC(NC(=O)Nc2c(C)c(-c3cnn(C(=O)C4CC4)c3)nn2-c2ccccc2)C(c2ccc(F)c(F)c2)C1. The molecule has 12 heteroatoms. The number of nitrogens with one attached hydrogen (secondary N) is 2. The number of ether oxygens (including phenoxy) is 1. The van der Waals surface area contributed by atoms with Gasteiger partial charge in [-0.2, -0.15) is 10.2 Å². The summed E-state index contributed by atoms with van der Waals surface area (Å²) < 4.78 is 36.1. The smallest absolute Gasteiger partial charge is 0.320 e. The summed E-state index contributed by atoms with van der Waals surface area (Å²) in [5.74, 6) is -1.65. The van der Waals surface area contributed by atoms with E-state index >= 15 is 0 Å². The van der Waals surface area contributed by atoms with Crippen molar-refractivity contribution in [2.75, 3.05) is 38.7 Å². The molecule has 2 aromatic heterocycles. The third-order valence-corrected chi connectivity index (χ3v) is 8.06. The highest BCUT2D eigenvalue weighted by atomic mass is 19.2. The Balaban J connectivity index is 1.27. The van der Waals surface area contributed by atoms with Crippen LogP contribution in [-0.4, -0.2) is 75.8 Å². The number of aromatic nitrogens is 4. The summed E-state index contributed by atoms with van der Waals surface area (Å²) in [6, 6.07) is 12.4. The number of carbonyl (C=O) groups excluding carboxylic acids is 2. The highest BCUT2D eigenvalue weighted by molar-refractivity contribution is 5.91. The van der Waals surface area contributed by atoms with Crippen LogP contribution in [0.2, 0.25) is 0 Å². The number of methoxy groups -OCH3 is 1. The maximum absolute atomic E-state index is 14.1. The van der Waals surface area contributed by atoms with Crippen LogP contribution in [-0.2, 0) is 4.74 Å². The highest BCUT2D eigenvalue weighted by Crippen LogP contribution is 2.33. The van der Waals surface area contributed by atoms with Gasteiger partial charge in [0, 0.05) is 55.9 Å². The van der Waals surface area contributed by atoms with Crippen molar-refractivity contribution < 1.29 is 23.1 Å². The second kappa shape index (κ2) is 12.1. The molecule has 1 saturated carbocycles. The van der Waals surface area contributed by atoms with E-state index in [-0.39, 0.29) is 23.8 Å². The van der Waals surface area contributed by atoms with Crippen LogP contribution in [0.5, 0.6) is 0 Å². The minimum absolute atomic E-state index is 0.0212. The van der Waals surface area contributed by atoms with Gasteiger partial charge in [-0.1, -0.05) is 24.3 Å². The van der Waals surface area contributed by atoms with E-state index in [9.17, 15) is 18.4 Å². The first-order valence-corrected chi connectivity index (χ1v) is 14.3. The summed E-state index contributed by atoms with van der Waals surface area (Å²) in [5, 5.41) is 15.1. The molecule has 0 radical (unpaired) electrons. The van der Waals surface area contributed by atoms with E-state index in [1.165, 1.54) is 10.7 Å². The number of nitrogens with zero attached hydrogens (tertiary/aromatic N) is 5. The molecule has 2 aromatic carbocycles. The molecular weight excluding hydrogens is 556 g/mol. The largest absolute Gasteiger partial charge is 0.383 e. The van der Waals surface area contributed by atoms with E-state index in [4.69, 9.17) is 9.84 Å². The topological polar surface area (TPSA) is 106 Å². The van der Waals surface area contributed by atoms with Crippen LogP contribution in [0.15, 0.2) is 60.9 Å². The monoisotopic (exact) mass is 589 g/mol. The van der Waals surface area contributed by atoms with E-state index in [2.05, 4.69) is 20.6 Å². The summed E-state index contributed by atoms with van der Waals surface area (Å²) in [5.41, 5.74) is 3.28. The van der Waals surface area contributed by atoms with Crippen LogP contribution in [0.3, 0.4) is 0 Å². The van der Waals surface area contributed by atoms with Crippen LogP contribution in [0.25, 0.3) is 16.9 Å². The number of benzene rings is 2. The Bertz CT molecular complexity index is 1630. The minimum Gasteiger partial charge on any atom is -0.383 e. The molecule has 10 nitrogen and oxygen atoms in total. The van der Waals surface area contributed by atoms with Crippen LogP contribution < -0.4 is 10.6 Å². The van der Waals surface area contributed by atoms with Gasteiger partial charge >= 0.3 is 6.03 Å². The van der Waals surface area contributed by atoms with Gasteiger partial charge < -0.3 is 10.1 Å². The molecule has 2 atom stereocenters. The molecule has 1 saturated heterocycles. The number of hydrogen-bond acceptors (Lipinski definition) is 6. The molecule has 1 aliphatic carbocycles. The van der Waals surface area contributed by atoms with Gasteiger partial charge in [0.1, 0.15) is 11.5 Å². The lowest BCUT2D eigenvalue weighted by Crippen LogP contribution is -2.42. The van der Waals surface area contributed by atoms with Crippen LogP contribution in [0.4, 0.5) is 19.4 Å². The fourth-order valence-electron chi connectivity index (χ4n) is 5.58. The zero-order valence-electron chi connectivity index (χ0n) is 24.0. The van der Waals surface area contributed by atoms with Crippen molar-refractivity contribution in [1.82, 2.24) is 29.8 Å². The van der Waals surface area contributed by atoms with Gasteiger partial charge in [-0.25, -0.2) is 22.9 Å². The standard InChI is InChI=1S/C31H33F2N7O3/c1-19-28(22-15-34-39(16-22)30(41)20-8-9-20)37-40(23-6-4-3-5-7-23)29(19)36-31(42)35-27-18-38(12-13-43-2)17-24(27)21-10-11-25(32)26(33)14-21/h3-7,10-11,14-16,20,24,27H,8-9,12-13,17-18H2,1-2H3,(H2,35,36,42). The average molecular weight is 590 g/mol. The fourth-order valence-corrected chi connectivity index (χ4v) is 5.58. The molecule has 4 aromatic rings. The maximum Gasteiger partial charge on any atom is 0.320 e. The fraction of sp³-hybridized carbons (Fsp3) is 0.355. The van der Waals surface area contributed by atoms with Crippen molar-refractivity contribution in [3.05, 3.63) is 83.7 Å². The molecule has 2 fully saturated rings. The summed E-state index contributed by atoms with van der Waals surface area (Å²) in [6.45, 7) is 4.05. The molecule has 3 heterocycles. The van der Waals surface area contributed by atoms with E-state index in [0.717, 1.165) is 24.6 Å². The predicted octanol–water partition coefficient (Wildman–Crippen LogP) is 4.61. The van der Waals surface area contributed by atoms with E-state index in [0.29, 0.717) is 54.4 Å². The van der Waals surface area contributed by atoms with Crippen molar-refractivity contribution in [2.45, 2.75) is 31.7 Å². The third-order valence-electron chi connectivity index (χ3n) is 8.06. The number of rotatable bonds is 9. The van der Waals surface area contributed by atoms with Crippen LogP contribution in [0.1, 0.15) is 34.7 Å². The Labute approximate surface area is 247 Å². The third kappa shape index (κ3) is 6.06. The highest BCUT2D eigenvalue weighted by Gasteiger charge is 2.36. The average Bonchev–Trinajstić information content (AvgIpc) is 3.48. The van der Waals surface area contributed by atoms with Gasteiger partial charge in [-0.05, 0) is 49.6 Å². The van der Waals surface area contributed by atoms with Gasteiger partial charge in [-0.3, -0.25) is 15.0 Å². The predicted molar refractivity (Wildman–Crippen MR) is 156 cm³/mol. The van der Waals surface area contributed by atoms with Gasteiger partial charge in [0.25, 0.3) is 0 Å². The quantitative estimate of drug-likeness (QED) is 0.296. The minimum atomic E-state index is -0.923. The van der Waals surface area contributed by atoms with Crippen molar-refractivity contribution in [2.24, 2.45) is 5.92 Å². The lowest BCUT2D eigenvalue weighted by molar-refractivity contribution is 0.0870. The molecule has 0 spiro atoms.